The van der Waals surface area contributed by atoms with Crippen molar-refractivity contribution in [1.82, 2.24) is 9.55 Å². The van der Waals surface area contributed by atoms with Gasteiger partial charge in [0.05, 0.1) is 18.4 Å². The number of anilines is 2. The van der Waals surface area contributed by atoms with Crippen LogP contribution >= 0.6 is 11.6 Å². The molecule has 1 aliphatic carbocycles. The Bertz CT molecular complexity index is 1130. The minimum absolute atomic E-state index is 0.0794. The van der Waals surface area contributed by atoms with Gasteiger partial charge in [0, 0.05) is 30.2 Å². The molecule has 2 aliphatic rings. The fourth-order valence-corrected chi connectivity index (χ4v) is 5.18. The van der Waals surface area contributed by atoms with Crippen LogP contribution in [0, 0.1) is 11.3 Å². The number of aromatic nitrogens is 2. The number of amides is 1. The second kappa shape index (κ2) is 11.7. The van der Waals surface area contributed by atoms with E-state index in [1.54, 1.807) is 12.1 Å². The number of halogens is 1. The van der Waals surface area contributed by atoms with Gasteiger partial charge in [-0.2, -0.15) is 4.98 Å². The van der Waals surface area contributed by atoms with Crippen LogP contribution in [-0.4, -0.2) is 59.6 Å². The highest BCUT2D eigenvalue weighted by molar-refractivity contribution is 6.31. The van der Waals surface area contributed by atoms with Crippen LogP contribution in [0.1, 0.15) is 50.3 Å². The molecule has 0 bridgehead atoms. The zero-order valence-electron chi connectivity index (χ0n) is 20.6. The van der Waals surface area contributed by atoms with E-state index < -0.39 is 6.09 Å². The van der Waals surface area contributed by atoms with Crippen LogP contribution in [-0.2, 0) is 16.0 Å². The second-order valence-corrected chi connectivity index (χ2v) is 9.84. The number of hydrogen-bond acceptors (Lipinski definition) is 8. The lowest BCUT2D eigenvalue weighted by atomic mass is 9.89. The smallest absolute Gasteiger partial charge is 0.394 e. The van der Waals surface area contributed by atoms with E-state index in [-0.39, 0.29) is 18.5 Å². The summed E-state index contributed by atoms with van der Waals surface area (Å²) in [5.74, 6) is 1.28. The van der Waals surface area contributed by atoms with Crippen molar-refractivity contribution < 1.29 is 14.3 Å². The molecule has 10 nitrogen and oxygen atoms in total. The van der Waals surface area contributed by atoms with Gasteiger partial charge in [0.2, 0.25) is 11.8 Å². The van der Waals surface area contributed by atoms with Gasteiger partial charge in [-0.1, -0.05) is 43.0 Å². The number of morpholine rings is 1. The van der Waals surface area contributed by atoms with Crippen LogP contribution in [0.2, 0.25) is 5.02 Å². The molecule has 1 aromatic heterocycles. The van der Waals surface area contributed by atoms with Gasteiger partial charge in [0.1, 0.15) is 12.2 Å². The first kappa shape index (κ1) is 26.0. The monoisotopic (exact) mass is 515 g/mol. The minimum atomic E-state index is -1.05. The number of hydrogen-bond donors (Lipinski definition) is 3. The molecule has 1 atom stereocenters. The van der Waals surface area contributed by atoms with Crippen LogP contribution in [0.5, 0.6) is 0 Å². The lowest BCUT2D eigenvalue weighted by molar-refractivity contribution is 0.0523. The number of benzene rings is 1. The zero-order valence-corrected chi connectivity index (χ0v) is 21.3. The number of nitrogens with one attached hydrogen (secondary N) is 1. The molecule has 2 fully saturated rings. The molecule has 36 heavy (non-hydrogen) atoms. The van der Waals surface area contributed by atoms with Crippen LogP contribution in [0.15, 0.2) is 29.3 Å². The van der Waals surface area contributed by atoms with Crippen molar-refractivity contribution in [2.45, 2.75) is 51.7 Å². The summed E-state index contributed by atoms with van der Waals surface area (Å²) in [7, 11) is 0. The summed E-state index contributed by atoms with van der Waals surface area (Å²) in [6.07, 6.45) is 5.02. The number of aliphatic imine (C=N–C) groups is 1. The van der Waals surface area contributed by atoms with E-state index >= 15 is 0 Å². The van der Waals surface area contributed by atoms with Crippen molar-refractivity contribution in [3.8, 4) is 0 Å². The Labute approximate surface area is 216 Å². The fraction of sp³-hybridized carbons (Fsp3) is 0.520. The van der Waals surface area contributed by atoms with Gasteiger partial charge in [0.15, 0.2) is 5.82 Å². The summed E-state index contributed by atoms with van der Waals surface area (Å²) in [5, 5.41) is 8.49. The van der Waals surface area contributed by atoms with E-state index in [0.717, 1.165) is 30.9 Å². The molecule has 1 saturated heterocycles. The molecule has 4 rings (SSSR count). The normalized spacial score (nSPS) is 19.3. The molecule has 0 spiro atoms. The third kappa shape index (κ3) is 6.36. The van der Waals surface area contributed by atoms with Gasteiger partial charge in [-0.25, -0.2) is 4.79 Å². The van der Waals surface area contributed by atoms with E-state index in [1.807, 2.05) is 19.1 Å². The summed E-state index contributed by atoms with van der Waals surface area (Å²) in [4.78, 5) is 22.8. The van der Waals surface area contributed by atoms with E-state index in [1.165, 1.54) is 19.3 Å². The van der Waals surface area contributed by atoms with Gasteiger partial charge in [-0.3, -0.25) is 10.4 Å². The number of ether oxygens (including phenoxy) is 2. The number of rotatable bonds is 7. The second-order valence-electron chi connectivity index (χ2n) is 9.41. The van der Waals surface area contributed by atoms with Gasteiger partial charge in [-0.05, 0) is 37.8 Å². The van der Waals surface area contributed by atoms with Crippen molar-refractivity contribution in [3.63, 3.8) is 0 Å². The number of nitrogens with zero attached hydrogens (tertiary/aromatic N) is 4. The van der Waals surface area contributed by atoms with Crippen molar-refractivity contribution >= 4 is 41.1 Å². The minimum Gasteiger partial charge on any atom is -0.394 e. The summed E-state index contributed by atoms with van der Waals surface area (Å²) < 4.78 is 12.6. The van der Waals surface area contributed by atoms with Crippen LogP contribution in [0.3, 0.4) is 0 Å². The molecular weight excluding hydrogens is 482 g/mol. The lowest BCUT2D eigenvalue weighted by Gasteiger charge is -2.33. The maximum absolute atomic E-state index is 11.1. The van der Waals surface area contributed by atoms with Crippen molar-refractivity contribution in [2.75, 3.05) is 36.9 Å². The Kier molecular flexibility index (Phi) is 8.48. The first-order chi connectivity index (χ1) is 17.3. The average molecular weight is 516 g/mol. The summed E-state index contributed by atoms with van der Waals surface area (Å²) in [6.45, 7) is 4.66. The van der Waals surface area contributed by atoms with Crippen LogP contribution in [0.4, 0.5) is 16.6 Å². The zero-order chi connectivity index (χ0) is 25.7. The summed E-state index contributed by atoms with van der Waals surface area (Å²) >= 11 is 6.33. The number of nitrogens with two attached hydrogens (primary N) is 2. The largest absolute Gasteiger partial charge is 0.411 e. The predicted molar refractivity (Wildman–Crippen MR) is 141 cm³/mol. The Morgan fingerprint density at radius 1 is 1.33 bits per heavy atom. The number of nitrogen functional groups attached to an aromatic ring is 1. The van der Waals surface area contributed by atoms with Crippen molar-refractivity contribution in [3.05, 3.63) is 40.5 Å². The van der Waals surface area contributed by atoms with E-state index in [2.05, 4.69) is 14.5 Å². The highest BCUT2D eigenvalue weighted by Gasteiger charge is 2.29. The SMILES string of the molecule is CC1CN(c2nc(N)c(C(=NCC(=N)OC(N)=O)c3cccc(Cl)c3)n2CC2CCCCC2)CCO1. The van der Waals surface area contributed by atoms with Gasteiger partial charge in [0.25, 0.3) is 0 Å². The third-order valence-electron chi connectivity index (χ3n) is 6.59. The van der Waals surface area contributed by atoms with Crippen LogP contribution in [0.25, 0.3) is 0 Å². The predicted octanol–water partition coefficient (Wildman–Crippen LogP) is 3.83. The Hall–Kier alpha value is -3.11. The number of imidazole rings is 1. The molecule has 1 unspecified atom stereocenters. The number of primary amides is 1. The molecule has 2 aromatic rings. The first-order valence-corrected chi connectivity index (χ1v) is 12.8. The summed E-state index contributed by atoms with van der Waals surface area (Å²) in [6, 6.07) is 7.30. The summed E-state index contributed by atoms with van der Waals surface area (Å²) in [5.41, 5.74) is 13.6. The Morgan fingerprint density at radius 2 is 2.11 bits per heavy atom. The van der Waals surface area contributed by atoms with E-state index in [4.69, 9.17) is 42.9 Å². The molecule has 1 aliphatic heterocycles. The highest BCUT2D eigenvalue weighted by Crippen LogP contribution is 2.32. The molecule has 5 N–H and O–H groups in total. The first-order valence-electron chi connectivity index (χ1n) is 12.4. The molecule has 2 heterocycles. The number of carbonyl (C=O) groups excluding carboxylic acids is 1. The van der Waals surface area contributed by atoms with Crippen LogP contribution < -0.4 is 16.4 Å². The maximum atomic E-state index is 11.1. The van der Waals surface area contributed by atoms with Gasteiger partial charge < -0.3 is 30.4 Å². The molecule has 1 amide bonds. The maximum Gasteiger partial charge on any atom is 0.411 e. The Morgan fingerprint density at radius 3 is 2.81 bits per heavy atom. The fourth-order valence-electron chi connectivity index (χ4n) is 4.99. The number of carbonyl (C=O) groups is 1. The van der Waals surface area contributed by atoms with E-state index in [9.17, 15) is 4.79 Å². The van der Waals surface area contributed by atoms with Gasteiger partial charge >= 0.3 is 6.09 Å². The third-order valence-corrected chi connectivity index (χ3v) is 6.83. The lowest BCUT2D eigenvalue weighted by Crippen LogP contribution is -2.42. The molecule has 1 saturated carbocycles. The molecule has 0 radical (unpaired) electrons. The van der Waals surface area contributed by atoms with Crippen molar-refractivity contribution in [2.24, 2.45) is 16.6 Å². The average Bonchev–Trinajstić information content (AvgIpc) is 3.15. The molecule has 11 heteroatoms. The topological polar surface area (TPSA) is 145 Å². The van der Waals surface area contributed by atoms with Gasteiger partial charge in [-0.15, -0.1) is 0 Å². The highest BCUT2D eigenvalue weighted by atomic mass is 35.5. The van der Waals surface area contributed by atoms with E-state index in [0.29, 0.717) is 47.9 Å². The Balaban J connectivity index is 1.81. The quantitative estimate of drug-likeness (QED) is 0.377. The molecular formula is C25H34ClN7O3. The standard InChI is InChI=1S/C25H34ClN7O3/c1-16-14-32(10-11-35-16)25-31-23(28)22(33(25)15-17-6-3-2-4-7-17)21(18-8-5-9-19(26)12-18)30-13-20(27)36-24(29)34/h5,8-9,12,16-17,27H,2-4,6-7,10-11,13-15,28H2,1H3,(H2,29,34). The molecule has 1 aromatic carbocycles. The molecule has 194 valence electrons. The van der Waals surface area contributed by atoms with Crippen molar-refractivity contribution in [1.29, 1.82) is 5.41 Å².